The van der Waals surface area contributed by atoms with E-state index in [9.17, 15) is 4.79 Å². The molecule has 114 valence electrons. The van der Waals surface area contributed by atoms with Crippen LogP contribution in [0.2, 0.25) is 0 Å². The summed E-state index contributed by atoms with van der Waals surface area (Å²) in [6.45, 7) is 6.88. The van der Waals surface area contributed by atoms with Crippen molar-refractivity contribution in [2.24, 2.45) is 11.8 Å². The van der Waals surface area contributed by atoms with Gasteiger partial charge in [-0.25, -0.2) is 4.79 Å². The Morgan fingerprint density at radius 2 is 1.81 bits per heavy atom. The summed E-state index contributed by atoms with van der Waals surface area (Å²) in [7, 11) is 0. The van der Waals surface area contributed by atoms with Crippen molar-refractivity contribution >= 4 is 5.97 Å². The first-order chi connectivity index (χ1) is 9.97. The van der Waals surface area contributed by atoms with E-state index in [1.807, 2.05) is 30.3 Å². The van der Waals surface area contributed by atoms with Crippen molar-refractivity contribution in [3.05, 3.63) is 35.9 Å². The fourth-order valence-electron chi connectivity index (χ4n) is 3.84. The van der Waals surface area contributed by atoms with E-state index >= 15 is 0 Å². The molecule has 0 unspecified atom stereocenters. The van der Waals surface area contributed by atoms with E-state index in [1.165, 1.54) is 0 Å². The Balaban J connectivity index is 2.02. The monoisotopic (exact) mass is 288 g/mol. The van der Waals surface area contributed by atoms with Crippen LogP contribution in [0.25, 0.3) is 0 Å². The van der Waals surface area contributed by atoms with Gasteiger partial charge in [0.1, 0.15) is 0 Å². The fraction of sp³-hybridized carbons (Fsp3) is 0.611. The molecule has 0 radical (unpaired) electrons. The minimum absolute atomic E-state index is 0.167. The Labute approximate surface area is 126 Å². The highest BCUT2D eigenvalue weighted by molar-refractivity contribution is 5.83. The lowest BCUT2D eigenvalue weighted by molar-refractivity contribution is -0.313. The SMILES string of the molecule is C[C@H]1CCOC(=O)[C@]2(c3ccccc3)OC(C)(C)[C@H]2CC1. The van der Waals surface area contributed by atoms with Crippen LogP contribution in [0, 0.1) is 11.8 Å². The first-order valence-corrected chi connectivity index (χ1v) is 7.90. The minimum atomic E-state index is -0.908. The Kier molecular flexibility index (Phi) is 3.56. The molecule has 1 aromatic carbocycles. The molecular formula is C18H24O3. The molecule has 3 nitrogen and oxygen atoms in total. The van der Waals surface area contributed by atoms with Gasteiger partial charge in [0.25, 0.3) is 0 Å². The normalized spacial score (nSPS) is 35.5. The van der Waals surface area contributed by atoms with E-state index in [0.29, 0.717) is 12.5 Å². The van der Waals surface area contributed by atoms with E-state index in [4.69, 9.17) is 9.47 Å². The highest BCUT2D eigenvalue weighted by Gasteiger charge is 2.66. The number of rotatable bonds is 1. The van der Waals surface area contributed by atoms with Crippen LogP contribution in [-0.2, 0) is 19.9 Å². The van der Waals surface area contributed by atoms with Crippen LogP contribution in [0.3, 0.4) is 0 Å². The number of fused-ring (bicyclic) bond motifs is 1. The molecule has 3 atom stereocenters. The van der Waals surface area contributed by atoms with Crippen LogP contribution in [0.1, 0.15) is 45.6 Å². The number of esters is 1. The molecule has 1 aromatic rings. The van der Waals surface area contributed by atoms with E-state index in [-0.39, 0.29) is 17.5 Å². The number of cyclic esters (lactones) is 1. The molecular weight excluding hydrogens is 264 g/mol. The largest absolute Gasteiger partial charge is 0.463 e. The van der Waals surface area contributed by atoms with E-state index in [1.54, 1.807) is 0 Å². The summed E-state index contributed by atoms with van der Waals surface area (Å²) >= 11 is 0. The van der Waals surface area contributed by atoms with Crippen LogP contribution in [0.5, 0.6) is 0 Å². The van der Waals surface area contributed by atoms with Gasteiger partial charge in [-0.1, -0.05) is 43.7 Å². The Bertz CT molecular complexity index is 523. The summed E-state index contributed by atoms with van der Waals surface area (Å²) < 4.78 is 11.7. The van der Waals surface area contributed by atoms with Crippen molar-refractivity contribution in [1.29, 1.82) is 0 Å². The molecule has 0 saturated carbocycles. The van der Waals surface area contributed by atoms with Gasteiger partial charge in [0.05, 0.1) is 12.2 Å². The molecule has 2 heterocycles. The molecule has 0 aromatic heterocycles. The lowest BCUT2D eigenvalue weighted by Gasteiger charge is -2.58. The molecule has 0 spiro atoms. The predicted octanol–water partition coefficient (Wildman–Crippen LogP) is 3.67. The molecule has 2 aliphatic heterocycles. The van der Waals surface area contributed by atoms with Crippen molar-refractivity contribution in [3.63, 3.8) is 0 Å². The standard InChI is InChI=1S/C18H24O3/c1-13-9-10-15-17(2,3)21-18(15,16(19)20-12-11-13)14-7-5-4-6-8-14/h4-8,13,15H,9-12H2,1-3H3/t13-,15-,18-/m1/s1. The topological polar surface area (TPSA) is 35.5 Å². The van der Waals surface area contributed by atoms with Crippen molar-refractivity contribution in [2.45, 2.75) is 51.2 Å². The Hall–Kier alpha value is -1.35. The van der Waals surface area contributed by atoms with Gasteiger partial charge in [0, 0.05) is 5.92 Å². The molecule has 2 aliphatic rings. The summed E-state index contributed by atoms with van der Waals surface area (Å²) in [6.07, 6.45) is 3.05. The quantitative estimate of drug-likeness (QED) is 0.740. The van der Waals surface area contributed by atoms with Gasteiger partial charge < -0.3 is 9.47 Å². The maximum absolute atomic E-state index is 12.8. The highest BCUT2D eigenvalue weighted by Crippen LogP contribution is 2.56. The first-order valence-electron chi connectivity index (χ1n) is 7.90. The Morgan fingerprint density at radius 1 is 1.10 bits per heavy atom. The van der Waals surface area contributed by atoms with Crippen LogP contribution >= 0.6 is 0 Å². The zero-order valence-corrected chi connectivity index (χ0v) is 13.1. The maximum Gasteiger partial charge on any atom is 0.343 e. The van der Waals surface area contributed by atoms with Crippen LogP contribution in [0.15, 0.2) is 30.3 Å². The Morgan fingerprint density at radius 3 is 2.48 bits per heavy atom. The molecule has 0 aliphatic carbocycles. The van der Waals surface area contributed by atoms with Crippen molar-refractivity contribution in [3.8, 4) is 0 Å². The number of ether oxygens (including phenoxy) is 2. The number of carbonyl (C=O) groups is 1. The van der Waals surface area contributed by atoms with Crippen molar-refractivity contribution in [1.82, 2.24) is 0 Å². The molecule has 0 N–H and O–H groups in total. The van der Waals surface area contributed by atoms with Gasteiger partial charge >= 0.3 is 5.97 Å². The third-order valence-corrected chi connectivity index (χ3v) is 5.05. The summed E-state index contributed by atoms with van der Waals surface area (Å²) in [4.78, 5) is 12.8. The number of hydrogen-bond donors (Lipinski definition) is 0. The minimum Gasteiger partial charge on any atom is -0.463 e. The number of benzene rings is 1. The van der Waals surface area contributed by atoms with Crippen LogP contribution in [0.4, 0.5) is 0 Å². The number of carbonyl (C=O) groups excluding carboxylic acids is 1. The van der Waals surface area contributed by atoms with Gasteiger partial charge in [-0.15, -0.1) is 0 Å². The van der Waals surface area contributed by atoms with Crippen LogP contribution < -0.4 is 0 Å². The van der Waals surface area contributed by atoms with E-state index < -0.39 is 5.60 Å². The lowest BCUT2D eigenvalue weighted by Crippen LogP contribution is -2.67. The lowest BCUT2D eigenvalue weighted by atomic mass is 9.64. The smallest absolute Gasteiger partial charge is 0.343 e. The van der Waals surface area contributed by atoms with Gasteiger partial charge in [-0.2, -0.15) is 0 Å². The zero-order chi connectivity index (χ0) is 15.1. The molecule has 0 bridgehead atoms. The zero-order valence-electron chi connectivity index (χ0n) is 13.1. The molecule has 2 saturated heterocycles. The summed E-state index contributed by atoms with van der Waals surface area (Å²) in [5.41, 5.74) is -0.262. The first kappa shape index (κ1) is 14.6. The second-order valence-electron chi connectivity index (χ2n) is 6.97. The maximum atomic E-state index is 12.8. The molecule has 3 heteroatoms. The second kappa shape index (κ2) is 5.13. The van der Waals surface area contributed by atoms with Gasteiger partial charge in [0.2, 0.25) is 0 Å². The highest BCUT2D eigenvalue weighted by atomic mass is 16.6. The van der Waals surface area contributed by atoms with Crippen molar-refractivity contribution in [2.75, 3.05) is 6.61 Å². The molecule has 0 amide bonds. The third kappa shape index (κ3) is 2.28. The molecule has 21 heavy (non-hydrogen) atoms. The van der Waals surface area contributed by atoms with Crippen molar-refractivity contribution < 1.29 is 14.3 Å². The third-order valence-electron chi connectivity index (χ3n) is 5.05. The van der Waals surface area contributed by atoms with Crippen LogP contribution in [-0.4, -0.2) is 18.2 Å². The van der Waals surface area contributed by atoms with E-state index in [0.717, 1.165) is 24.8 Å². The summed E-state index contributed by atoms with van der Waals surface area (Å²) in [5, 5.41) is 0. The molecule has 2 fully saturated rings. The molecule has 3 rings (SSSR count). The average Bonchev–Trinajstić information content (AvgIpc) is 2.49. The van der Waals surface area contributed by atoms with Gasteiger partial charge in [-0.3, -0.25) is 0 Å². The predicted molar refractivity (Wildman–Crippen MR) is 80.7 cm³/mol. The van der Waals surface area contributed by atoms with Gasteiger partial charge in [-0.05, 0) is 38.2 Å². The fourth-order valence-corrected chi connectivity index (χ4v) is 3.84. The average molecular weight is 288 g/mol. The second-order valence-corrected chi connectivity index (χ2v) is 6.97. The van der Waals surface area contributed by atoms with E-state index in [2.05, 4.69) is 20.8 Å². The summed E-state index contributed by atoms with van der Waals surface area (Å²) in [6, 6.07) is 9.83. The summed E-state index contributed by atoms with van der Waals surface area (Å²) in [5.74, 6) is 0.536. The van der Waals surface area contributed by atoms with Gasteiger partial charge in [0.15, 0.2) is 5.60 Å². The number of hydrogen-bond acceptors (Lipinski definition) is 3.